The SMILES string of the molecule is CCCN(CCC)C(=O)c1cn2c(n1)CC[C@H](c1cc(C)c(OC)c(C)c1)C2. The standard InChI is InChI=1S/C23H33N3O2/c1-6-10-25(11-7-2)23(27)20-15-26-14-18(8-9-21(26)24-20)19-12-16(3)22(28-5)17(4)13-19/h12-13,15,18H,6-11,14H2,1-5H3/t18-/m0/s1. The van der Waals surface area contributed by atoms with Gasteiger partial charge in [0.2, 0.25) is 0 Å². The van der Waals surface area contributed by atoms with Crippen molar-refractivity contribution in [1.82, 2.24) is 14.5 Å². The lowest BCUT2D eigenvalue weighted by Crippen LogP contribution is -2.32. The van der Waals surface area contributed by atoms with E-state index in [0.717, 1.165) is 56.9 Å². The number of ether oxygens (including phenoxy) is 1. The van der Waals surface area contributed by atoms with Crippen LogP contribution < -0.4 is 4.74 Å². The van der Waals surface area contributed by atoms with Crippen molar-refractivity contribution in [3.05, 3.63) is 46.5 Å². The van der Waals surface area contributed by atoms with Crippen molar-refractivity contribution >= 4 is 5.91 Å². The number of carbonyl (C=O) groups excluding carboxylic acids is 1. The van der Waals surface area contributed by atoms with Crippen molar-refractivity contribution in [2.75, 3.05) is 20.2 Å². The summed E-state index contributed by atoms with van der Waals surface area (Å²) in [5, 5.41) is 0. The Labute approximate surface area is 168 Å². The highest BCUT2D eigenvalue weighted by Gasteiger charge is 2.25. The zero-order valence-corrected chi connectivity index (χ0v) is 17.9. The molecule has 1 amide bonds. The summed E-state index contributed by atoms with van der Waals surface area (Å²) < 4.78 is 7.70. The molecule has 0 bridgehead atoms. The fraction of sp³-hybridized carbons (Fsp3) is 0.565. The predicted octanol–water partition coefficient (Wildman–Crippen LogP) is 4.50. The minimum Gasteiger partial charge on any atom is -0.496 e. The van der Waals surface area contributed by atoms with Crippen molar-refractivity contribution < 1.29 is 9.53 Å². The first-order valence-corrected chi connectivity index (χ1v) is 10.5. The van der Waals surface area contributed by atoms with Gasteiger partial charge in [0.05, 0.1) is 7.11 Å². The van der Waals surface area contributed by atoms with Crippen LogP contribution in [-0.2, 0) is 13.0 Å². The van der Waals surface area contributed by atoms with Crippen LogP contribution in [0.5, 0.6) is 5.75 Å². The van der Waals surface area contributed by atoms with Crippen LogP contribution in [0.3, 0.4) is 0 Å². The molecular weight excluding hydrogens is 350 g/mol. The lowest BCUT2D eigenvalue weighted by Gasteiger charge is -2.25. The normalized spacial score (nSPS) is 16.0. The Balaban J connectivity index is 1.80. The van der Waals surface area contributed by atoms with E-state index in [9.17, 15) is 4.79 Å². The van der Waals surface area contributed by atoms with E-state index in [1.807, 2.05) is 11.1 Å². The first-order valence-electron chi connectivity index (χ1n) is 10.5. The molecule has 1 aliphatic rings. The van der Waals surface area contributed by atoms with Crippen LogP contribution in [-0.4, -0.2) is 40.6 Å². The summed E-state index contributed by atoms with van der Waals surface area (Å²) in [6, 6.07) is 4.49. The average Bonchev–Trinajstić information content (AvgIpc) is 3.10. The molecule has 2 heterocycles. The quantitative estimate of drug-likeness (QED) is 0.707. The zero-order valence-electron chi connectivity index (χ0n) is 17.9. The number of imidazole rings is 1. The van der Waals surface area contributed by atoms with Gasteiger partial charge in [-0.25, -0.2) is 4.98 Å². The minimum atomic E-state index is 0.0679. The third-order valence-electron chi connectivity index (χ3n) is 5.64. The number of rotatable bonds is 7. The van der Waals surface area contributed by atoms with Crippen LogP contribution >= 0.6 is 0 Å². The minimum absolute atomic E-state index is 0.0679. The maximum Gasteiger partial charge on any atom is 0.274 e. The molecule has 5 heteroatoms. The molecule has 0 fully saturated rings. The van der Waals surface area contributed by atoms with Crippen LogP contribution in [0.1, 0.15) is 72.0 Å². The van der Waals surface area contributed by atoms with Gasteiger partial charge in [0, 0.05) is 38.2 Å². The molecule has 0 radical (unpaired) electrons. The Hall–Kier alpha value is -2.30. The monoisotopic (exact) mass is 383 g/mol. The fourth-order valence-corrected chi connectivity index (χ4v) is 4.38. The van der Waals surface area contributed by atoms with Crippen molar-refractivity contribution in [2.45, 2.75) is 65.8 Å². The molecule has 0 spiro atoms. The van der Waals surface area contributed by atoms with E-state index in [1.54, 1.807) is 7.11 Å². The number of benzene rings is 1. The Morgan fingerprint density at radius 1 is 1.21 bits per heavy atom. The highest BCUT2D eigenvalue weighted by Crippen LogP contribution is 2.33. The van der Waals surface area contributed by atoms with E-state index >= 15 is 0 Å². The van der Waals surface area contributed by atoms with Gasteiger partial charge in [-0.3, -0.25) is 4.79 Å². The first-order chi connectivity index (χ1) is 13.5. The maximum atomic E-state index is 12.9. The number of nitrogens with zero attached hydrogens (tertiary/aromatic N) is 3. The van der Waals surface area contributed by atoms with Gasteiger partial charge in [0.15, 0.2) is 0 Å². The van der Waals surface area contributed by atoms with Crippen LogP contribution in [0.4, 0.5) is 0 Å². The molecule has 3 rings (SSSR count). The van der Waals surface area contributed by atoms with E-state index in [-0.39, 0.29) is 5.91 Å². The van der Waals surface area contributed by atoms with Crippen molar-refractivity contribution in [2.24, 2.45) is 0 Å². The third-order valence-corrected chi connectivity index (χ3v) is 5.64. The number of hydrogen-bond acceptors (Lipinski definition) is 3. The topological polar surface area (TPSA) is 47.4 Å². The van der Waals surface area contributed by atoms with Crippen molar-refractivity contribution in [1.29, 1.82) is 0 Å². The van der Waals surface area contributed by atoms with Crippen molar-refractivity contribution in [3.63, 3.8) is 0 Å². The number of methoxy groups -OCH3 is 1. The van der Waals surface area contributed by atoms with Gasteiger partial charge >= 0.3 is 0 Å². The average molecular weight is 384 g/mol. The number of fused-ring (bicyclic) bond motifs is 1. The molecule has 0 N–H and O–H groups in total. The molecule has 0 saturated carbocycles. The van der Waals surface area contributed by atoms with Crippen molar-refractivity contribution in [3.8, 4) is 5.75 Å². The van der Waals surface area contributed by atoms with E-state index < -0.39 is 0 Å². The molecule has 2 aromatic rings. The third kappa shape index (κ3) is 4.08. The Bertz CT molecular complexity index is 811. The molecule has 0 saturated heterocycles. The first kappa shape index (κ1) is 20.4. The van der Waals surface area contributed by atoms with Gasteiger partial charge in [0.25, 0.3) is 5.91 Å². The second kappa shape index (κ2) is 8.80. The van der Waals surface area contributed by atoms with Gasteiger partial charge in [-0.1, -0.05) is 26.0 Å². The van der Waals surface area contributed by atoms with E-state index in [2.05, 4.69) is 49.4 Å². The zero-order chi connectivity index (χ0) is 20.3. The van der Waals surface area contributed by atoms with Crippen LogP contribution in [0.2, 0.25) is 0 Å². The molecular formula is C23H33N3O2. The van der Waals surface area contributed by atoms with Crippen LogP contribution in [0.15, 0.2) is 18.3 Å². The lowest BCUT2D eigenvalue weighted by atomic mass is 9.89. The molecule has 1 aliphatic heterocycles. The fourth-order valence-electron chi connectivity index (χ4n) is 4.38. The highest BCUT2D eigenvalue weighted by molar-refractivity contribution is 5.92. The molecule has 0 unspecified atom stereocenters. The van der Waals surface area contributed by atoms with Gasteiger partial charge < -0.3 is 14.2 Å². The van der Waals surface area contributed by atoms with Crippen LogP contribution in [0, 0.1) is 13.8 Å². The molecule has 0 aliphatic carbocycles. The molecule has 1 aromatic carbocycles. The summed E-state index contributed by atoms with van der Waals surface area (Å²) in [5.41, 5.74) is 4.31. The number of amides is 1. The summed E-state index contributed by atoms with van der Waals surface area (Å²) in [5.74, 6) is 2.52. The number of hydrogen-bond donors (Lipinski definition) is 0. The molecule has 28 heavy (non-hydrogen) atoms. The van der Waals surface area contributed by atoms with E-state index in [1.165, 1.54) is 16.7 Å². The Morgan fingerprint density at radius 2 is 1.86 bits per heavy atom. The number of aryl methyl sites for hydroxylation is 3. The largest absolute Gasteiger partial charge is 0.496 e. The van der Waals surface area contributed by atoms with Gasteiger partial charge in [0.1, 0.15) is 17.3 Å². The Kier molecular flexibility index (Phi) is 6.42. The molecule has 1 aromatic heterocycles. The summed E-state index contributed by atoms with van der Waals surface area (Å²) >= 11 is 0. The van der Waals surface area contributed by atoms with Gasteiger partial charge in [-0.2, -0.15) is 0 Å². The van der Waals surface area contributed by atoms with Gasteiger partial charge in [-0.05, 0) is 49.8 Å². The summed E-state index contributed by atoms with van der Waals surface area (Å²) in [6.45, 7) is 10.9. The highest BCUT2D eigenvalue weighted by atomic mass is 16.5. The predicted molar refractivity (Wildman–Crippen MR) is 112 cm³/mol. The summed E-state index contributed by atoms with van der Waals surface area (Å²) in [6.07, 6.45) is 5.87. The second-order valence-corrected chi connectivity index (χ2v) is 7.91. The van der Waals surface area contributed by atoms with E-state index in [4.69, 9.17) is 4.74 Å². The molecule has 152 valence electrons. The molecule has 1 atom stereocenters. The number of aromatic nitrogens is 2. The summed E-state index contributed by atoms with van der Waals surface area (Å²) in [7, 11) is 1.73. The number of carbonyl (C=O) groups is 1. The van der Waals surface area contributed by atoms with E-state index in [0.29, 0.717) is 11.6 Å². The second-order valence-electron chi connectivity index (χ2n) is 7.91. The van der Waals surface area contributed by atoms with Gasteiger partial charge in [-0.15, -0.1) is 0 Å². The summed E-state index contributed by atoms with van der Waals surface area (Å²) in [4.78, 5) is 19.5. The Morgan fingerprint density at radius 3 is 2.43 bits per heavy atom. The maximum absolute atomic E-state index is 12.9. The smallest absolute Gasteiger partial charge is 0.274 e. The molecule has 5 nitrogen and oxygen atoms in total. The lowest BCUT2D eigenvalue weighted by molar-refractivity contribution is 0.0750. The van der Waals surface area contributed by atoms with Crippen LogP contribution in [0.25, 0.3) is 0 Å².